The Bertz CT molecular complexity index is 1740. The number of hydrogen-bond acceptors (Lipinski definition) is 7. The molecular formula is C28H27N3O6S. The SMILES string of the molecule is CCOC(=O)c1ccccc1NC(=O)Cn1cc(S(=O)(=O)c2ccc(C)c(C)c2)c(=O)c2ccc(C)nc21. The first-order valence-corrected chi connectivity index (χ1v) is 13.4. The van der Waals surface area contributed by atoms with E-state index in [1.54, 1.807) is 51.1 Å². The zero-order chi connectivity index (χ0) is 27.6. The van der Waals surface area contributed by atoms with Gasteiger partial charge in [-0.3, -0.25) is 9.59 Å². The Morgan fingerprint density at radius 2 is 1.74 bits per heavy atom. The summed E-state index contributed by atoms with van der Waals surface area (Å²) in [5.41, 5.74) is 2.16. The number of aromatic nitrogens is 2. The summed E-state index contributed by atoms with van der Waals surface area (Å²) in [5, 5.41) is 2.75. The molecule has 1 amide bonds. The summed E-state index contributed by atoms with van der Waals surface area (Å²) in [4.78, 5) is 42.7. The highest BCUT2D eigenvalue weighted by molar-refractivity contribution is 7.91. The van der Waals surface area contributed by atoms with Crippen molar-refractivity contribution in [3.05, 3.63) is 93.4 Å². The number of pyridine rings is 2. The van der Waals surface area contributed by atoms with Crippen LogP contribution >= 0.6 is 0 Å². The van der Waals surface area contributed by atoms with Crippen LogP contribution < -0.4 is 10.7 Å². The van der Waals surface area contributed by atoms with Crippen LogP contribution in [0.25, 0.3) is 11.0 Å². The third-order valence-electron chi connectivity index (χ3n) is 6.12. The van der Waals surface area contributed by atoms with Gasteiger partial charge in [0.25, 0.3) is 0 Å². The Hall–Kier alpha value is -4.31. The van der Waals surface area contributed by atoms with Gasteiger partial charge in [-0.15, -0.1) is 0 Å². The maximum Gasteiger partial charge on any atom is 0.340 e. The molecule has 2 aromatic heterocycles. The van der Waals surface area contributed by atoms with Gasteiger partial charge in [-0.2, -0.15) is 0 Å². The summed E-state index contributed by atoms with van der Waals surface area (Å²) < 4.78 is 33.5. The molecule has 0 aliphatic rings. The number of esters is 1. The quantitative estimate of drug-likeness (QED) is 0.357. The van der Waals surface area contributed by atoms with E-state index in [1.165, 1.54) is 28.8 Å². The number of nitrogens with zero attached hydrogens (tertiary/aromatic N) is 2. The lowest BCUT2D eigenvalue weighted by Gasteiger charge is -2.15. The highest BCUT2D eigenvalue weighted by Gasteiger charge is 2.25. The number of carbonyl (C=O) groups excluding carboxylic acids is 2. The third-order valence-corrected chi connectivity index (χ3v) is 7.86. The van der Waals surface area contributed by atoms with E-state index in [1.807, 2.05) is 6.92 Å². The first-order valence-electron chi connectivity index (χ1n) is 11.9. The summed E-state index contributed by atoms with van der Waals surface area (Å²) in [5.74, 6) is -1.14. The fraction of sp³-hybridized carbons (Fsp3) is 0.214. The second kappa shape index (κ2) is 10.6. The summed E-state index contributed by atoms with van der Waals surface area (Å²) >= 11 is 0. The molecule has 0 saturated heterocycles. The van der Waals surface area contributed by atoms with Crippen molar-refractivity contribution in [2.45, 2.75) is 44.0 Å². The van der Waals surface area contributed by atoms with Gasteiger partial charge in [-0.05, 0) is 75.2 Å². The molecule has 0 fully saturated rings. The van der Waals surface area contributed by atoms with Gasteiger partial charge in [-0.1, -0.05) is 18.2 Å². The second-order valence-corrected chi connectivity index (χ2v) is 10.8. The zero-order valence-corrected chi connectivity index (χ0v) is 22.3. The van der Waals surface area contributed by atoms with Crippen molar-refractivity contribution >= 4 is 38.4 Å². The molecule has 0 bridgehead atoms. The fourth-order valence-electron chi connectivity index (χ4n) is 3.98. The molecule has 4 aromatic rings. The van der Waals surface area contributed by atoms with Gasteiger partial charge in [0.05, 0.1) is 28.1 Å². The average Bonchev–Trinajstić information content (AvgIpc) is 2.87. The molecule has 2 heterocycles. The maximum atomic E-state index is 13.6. The number of ether oxygens (including phenoxy) is 1. The molecule has 9 nitrogen and oxygen atoms in total. The number of fused-ring (bicyclic) bond motifs is 1. The molecule has 0 atom stereocenters. The number of aryl methyl sites for hydroxylation is 3. The molecule has 10 heteroatoms. The zero-order valence-electron chi connectivity index (χ0n) is 21.4. The molecule has 0 unspecified atom stereocenters. The molecule has 1 N–H and O–H groups in total. The van der Waals surface area contributed by atoms with E-state index in [2.05, 4.69) is 10.3 Å². The van der Waals surface area contributed by atoms with Gasteiger partial charge in [-0.25, -0.2) is 18.2 Å². The second-order valence-electron chi connectivity index (χ2n) is 8.84. The van der Waals surface area contributed by atoms with Gasteiger partial charge in [0.2, 0.25) is 21.2 Å². The van der Waals surface area contributed by atoms with Gasteiger partial charge in [0.1, 0.15) is 17.1 Å². The minimum absolute atomic E-state index is 0.0171. The fourth-order valence-corrected chi connectivity index (χ4v) is 5.43. The summed E-state index contributed by atoms with van der Waals surface area (Å²) in [6.07, 6.45) is 1.15. The van der Waals surface area contributed by atoms with E-state index in [4.69, 9.17) is 4.74 Å². The average molecular weight is 534 g/mol. The summed E-state index contributed by atoms with van der Waals surface area (Å²) in [7, 11) is -4.21. The van der Waals surface area contributed by atoms with Crippen molar-refractivity contribution < 1.29 is 22.7 Å². The monoisotopic (exact) mass is 533 g/mol. The van der Waals surface area contributed by atoms with Crippen molar-refractivity contribution in [1.29, 1.82) is 0 Å². The predicted molar refractivity (Wildman–Crippen MR) is 143 cm³/mol. The molecule has 0 spiro atoms. The molecule has 4 rings (SSSR count). The molecule has 2 aromatic carbocycles. The Labute approximate surface area is 220 Å². The minimum atomic E-state index is -4.21. The smallest absolute Gasteiger partial charge is 0.340 e. The number of amides is 1. The van der Waals surface area contributed by atoms with E-state index < -0.39 is 32.0 Å². The lowest BCUT2D eigenvalue weighted by Crippen LogP contribution is -2.25. The van der Waals surface area contributed by atoms with Crippen LogP contribution in [0.3, 0.4) is 0 Å². The number of benzene rings is 2. The summed E-state index contributed by atoms with van der Waals surface area (Å²) in [6.45, 7) is 6.87. The molecule has 196 valence electrons. The molecule has 0 aliphatic carbocycles. The number of anilines is 1. The first kappa shape index (κ1) is 26.7. The van der Waals surface area contributed by atoms with Gasteiger partial charge in [0.15, 0.2) is 0 Å². The molecule has 0 radical (unpaired) electrons. The Morgan fingerprint density at radius 1 is 1.00 bits per heavy atom. The van der Waals surface area contributed by atoms with Gasteiger partial charge >= 0.3 is 5.97 Å². The van der Waals surface area contributed by atoms with Crippen molar-refractivity contribution in [2.75, 3.05) is 11.9 Å². The number of nitrogens with one attached hydrogen (secondary N) is 1. The van der Waals surface area contributed by atoms with Crippen LogP contribution in [-0.4, -0.2) is 36.5 Å². The van der Waals surface area contributed by atoms with Crippen LogP contribution in [-0.2, 0) is 25.9 Å². The Morgan fingerprint density at radius 3 is 2.45 bits per heavy atom. The topological polar surface area (TPSA) is 124 Å². The van der Waals surface area contributed by atoms with Gasteiger partial charge < -0.3 is 14.6 Å². The van der Waals surface area contributed by atoms with Crippen LogP contribution in [0.15, 0.2) is 75.4 Å². The maximum absolute atomic E-state index is 13.6. The Balaban J connectivity index is 1.79. The van der Waals surface area contributed by atoms with Gasteiger partial charge in [0, 0.05) is 11.9 Å². The molecular weight excluding hydrogens is 506 g/mol. The largest absolute Gasteiger partial charge is 0.462 e. The standard InChI is InChI=1S/C28H27N3O6S/c1-5-37-28(34)21-8-6-7-9-23(21)30-25(32)16-31-15-24(26(33)22-13-11-19(4)29-27(22)31)38(35,36)20-12-10-17(2)18(3)14-20/h6-15H,5,16H2,1-4H3,(H,30,32). The van der Waals surface area contributed by atoms with Crippen LogP contribution in [0.1, 0.15) is 34.1 Å². The minimum Gasteiger partial charge on any atom is -0.462 e. The van der Waals surface area contributed by atoms with Crippen LogP contribution in [0.4, 0.5) is 5.69 Å². The van der Waals surface area contributed by atoms with Crippen LogP contribution in [0, 0.1) is 20.8 Å². The molecule has 38 heavy (non-hydrogen) atoms. The van der Waals surface area contributed by atoms with Crippen LogP contribution in [0.2, 0.25) is 0 Å². The number of para-hydroxylation sites is 1. The van der Waals surface area contributed by atoms with Crippen molar-refractivity contribution in [1.82, 2.24) is 9.55 Å². The highest BCUT2D eigenvalue weighted by Crippen LogP contribution is 2.23. The molecule has 0 aliphatic heterocycles. The number of sulfone groups is 1. The normalized spacial score (nSPS) is 11.4. The predicted octanol–water partition coefficient (Wildman–Crippen LogP) is 3.97. The van der Waals surface area contributed by atoms with Crippen molar-refractivity contribution in [3.63, 3.8) is 0 Å². The number of hydrogen-bond donors (Lipinski definition) is 1. The van der Waals surface area contributed by atoms with Crippen molar-refractivity contribution in [3.8, 4) is 0 Å². The van der Waals surface area contributed by atoms with Crippen molar-refractivity contribution in [2.24, 2.45) is 0 Å². The first-order chi connectivity index (χ1) is 18.0. The van der Waals surface area contributed by atoms with E-state index in [0.717, 1.165) is 17.3 Å². The van der Waals surface area contributed by atoms with E-state index in [-0.39, 0.29) is 40.3 Å². The van der Waals surface area contributed by atoms with E-state index >= 15 is 0 Å². The summed E-state index contributed by atoms with van der Waals surface area (Å²) in [6, 6.07) is 14.2. The van der Waals surface area contributed by atoms with E-state index in [9.17, 15) is 22.8 Å². The highest BCUT2D eigenvalue weighted by atomic mass is 32.2. The van der Waals surface area contributed by atoms with Crippen LogP contribution in [0.5, 0.6) is 0 Å². The molecule has 0 saturated carbocycles. The Kier molecular flexibility index (Phi) is 7.45. The number of carbonyl (C=O) groups is 2. The van der Waals surface area contributed by atoms with E-state index in [0.29, 0.717) is 5.69 Å². The lowest BCUT2D eigenvalue weighted by molar-refractivity contribution is -0.116. The number of rotatable bonds is 7. The lowest BCUT2D eigenvalue weighted by atomic mass is 10.1. The third kappa shape index (κ3) is 5.21.